The Morgan fingerprint density at radius 2 is 2.21 bits per heavy atom. The molecule has 2 aliphatic rings. The molecule has 1 aromatic heterocycles. The number of aliphatic carboxylic acids is 1. The van der Waals surface area contributed by atoms with Gasteiger partial charge < -0.3 is 10.0 Å². The quantitative estimate of drug-likeness (QED) is 0.854. The lowest BCUT2D eigenvalue weighted by Gasteiger charge is -2.24. The molecule has 3 atom stereocenters. The molecule has 6 nitrogen and oxygen atoms in total. The molecule has 1 saturated carbocycles. The van der Waals surface area contributed by atoms with Crippen LogP contribution in [-0.4, -0.2) is 44.3 Å². The number of carbonyl (C=O) groups is 2. The van der Waals surface area contributed by atoms with E-state index in [1.165, 1.54) is 9.58 Å². The van der Waals surface area contributed by atoms with Gasteiger partial charge in [-0.1, -0.05) is 6.42 Å². The smallest absolute Gasteiger partial charge is 0.326 e. The minimum atomic E-state index is -0.884. The molecule has 0 spiro atoms. The molecule has 1 saturated heterocycles. The van der Waals surface area contributed by atoms with Gasteiger partial charge in [-0.25, -0.2) is 4.79 Å². The van der Waals surface area contributed by atoms with Crippen LogP contribution in [0, 0.1) is 11.8 Å². The SMILES string of the molecule is Cn1nccc1C(=O)N1CC2CCCC2C1C(=O)O. The normalized spacial score (nSPS) is 29.5. The van der Waals surface area contributed by atoms with Crippen molar-refractivity contribution in [2.75, 3.05) is 6.54 Å². The maximum absolute atomic E-state index is 12.5. The number of carbonyl (C=O) groups excluding carboxylic acids is 1. The number of fused-ring (bicyclic) bond motifs is 1. The number of carboxylic acids is 1. The number of amides is 1. The van der Waals surface area contributed by atoms with Crippen molar-refractivity contribution in [1.29, 1.82) is 0 Å². The van der Waals surface area contributed by atoms with E-state index in [1.54, 1.807) is 19.3 Å². The van der Waals surface area contributed by atoms with E-state index in [9.17, 15) is 14.7 Å². The van der Waals surface area contributed by atoms with Crippen molar-refractivity contribution in [3.05, 3.63) is 18.0 Å². The molecule has 1 amide bonds. The standard InChI is InChI=1S/C13H17N3O3/c1-15-10(5-6-14-15)12(17)16-7-8-3-2-4-9(8)11(16)13(18)19/h5-6,8-9,11H,2-4,7H2,1H3,(H,18,19). The Morgan fingerprint density at radius 3 is 2.84 bits per heavy atom. The van der Waals surface area contributed by atoms with Gasteiger partial charge in [0.15, 0.2) is 0 Å². The average Bonchev–Trinajstić information content (AvgIpc) is 3.00. The van der Waals surface area contributed by atoms with Crippen LogP contribution >= 0.6 is 0 Å². The van der Waals surface area contributed by atoms with Crippen molar-refractivity contribution in [1.82, 2.24) is 14.7 Å². The Bertz CT molecular complexity index is 525. The van der Waals surface area contributed by atoms with E-state index in [-0.39, 0.29) is 11.8 Å². The Labute approximate surface area is 111 Å². The van der Waals surface area contributed by atoms with E-state index in [4.69, 9.17) is 0 Å². The molecular formula is C13H17N3O3. The van der Waals surface area contributed by atoms with Crippen LogP contribution in [0.5, 0.6) is 0 Å². The molecule has 0 bridgehead atoms. The number of aryl methyl sites for hydroxylation is 1. The van der Waals surface area contributed by atoms with Crippen LogP contribution in [0.25, 0.3) is 0 Å². The second kappa shape index (κ2) is 4.36. The summed E-state index contributed by atoms with van der Waals surface area (Å²) in [5.74, 6) is -0.639. The molecule has 2 fully saturated rings. The predicted octanol–water partition coefficient (Wildman–Crippen LogP) is 0.745. The highest BCUT2D eigenvalue weighted by Crippen LogP contribution is 2.42. The number of hydrogen-bond donors (Lipinski definition) is 1. The second-order valence-electron chi connectivity index (χ2n) is 5.44. The summed E-state index contributed by atoms with van der Waals surface area (Å²) in [5.41, 5.74) is 0.450. The molecule has 3 rings (SSSR count). The first kappa shape index (κ1) is 12.2. The fourth-order valence-electron chi connectivity index (χ4n) is 3.56. The van der Waals surface area contributed by atoms with Crippen molar-refractivity contribution < 1.29 is 14.7 Å². The zero-order chi connectivity index (χ0) is 13.6. The molecular weight excluding hydrogens is 246 g/mol. The largest absolute Gasteiger partial charge is 0.480 e. The minimum absolute atomic E-state index is 0.120. The number of hydrogen-bond acceptors (Lipinski definition) is 3. The summed E-state index contributed by atoms with van der Waals surface area (Å²) in [6, 6.07) is 0.963. The first-order valence-electron chi connectivity index (χ1n) is 6.61. The summed E-state index contributed by atoms with van der Waals surface area (Å²) < 4.78 is 1.50. The van der Waals surface area contributed by atoms with Gasteiger partial charge in [0.25, 0.3) is 5.91 Å². The molecule has 6 heteroatoms. The number of aromatic nitrogens is 2. The lowest BCUT2D eigenvalue weighted by Crippen LogP contribution is -2.43. The zero-order valence-electron chi connectivity index (χ0n) is 10.8. The van der Waals surface area contributed by atoms with Gasteiger partial charge in [0, 0.05) is 19.8 Å². The summed E-state index contributed by atoms with van der Waals surface area (Å²) in [6.45, 7) is 0.561. The van der Waals surface area contributed by atoms with E-state index < -0.39 is 12.0 Å². The molecule has 1 aliphatic heterocycles. The molecule has 0 radical (unpaired) electrons. The van der Waals surface area contributed by atoms with E-state index in [0.717, 1.165) is 19.3 Å². The summed E-state index contributed by atoms with van der Waals surface area (Å²) in [4.78, 5) is 25.5. The monoisotopic (exact) mass is 263 g/mol. The van der Waals surface area contributed by atoms with E-state index in [2.05, 4.69) is 5.10 Å². The Morgan fingerprint density at radius 1 is 1.42 bits per heavy atom. The van der Waals surface area contributed by atoms with Crippen molar-refractivity contribution in [2.45, 2.75) is 25.3 Å². The highest BCUT2D eigenvalue weighted by atomic mass is 16.4. The first-order valence-corrected chi connectivity index (χ1v) is 6.61. The van der Waals surface area contributed by atoms with Crippen molar-refractivity contribution in [2.24, 2.45) is 18.9 Å². The highest BCUT2D eigenvalue weighted by molar-refractivity contribution is 5.95. The van der Waals surface area contributed by atoms with Crippen LogP contribution in [0.15, 0.2) is 12.3 Å². The van der Waals surface area contributed by atoms with Crippen LogP contribution in [0.2, 0.25) is 0 Å². The van der Waals surface area contributed by atoms with Crippen LogP contribution in [0.3, 0.4) is 0 Å². The molecule has 2 heterocycles. The van der Waals surface area contributed by atoms with Gasteiger partial charge in [0.05, 0.1) is 0 Å². The van der Waals surface area contributed by atoms with Crippen molar-refractivity contribution in [3.63, 3.8) is 0 Å². The van der Waals surface area contributed by atoms with E-state index in [0.29, 0.717) is 18.2 Å². The maximum atomic E-state index is 12.5. The van der Waals surface area contributed by atoms with Crippen LogP contribution in [0.1, 0.15) is 29.8 Å². The van der Waals surface area contributed by atoms with Crippen LogP contribution in [-0.2, 0) is 11.8 Å². The molecule has 3 unspecified atom stereocenters. The molecule has 19 heavy (non-hydrogen) atoms. The van der Waals surface area contributed by atoms with Gasteiger partial charge >= 0.3 is 5.97 Å². The first-order chi connectivity index (χ1) is 9.09. The predicted molar refractivity (Wildman–Crippen MR) is 66.5 cm³/mol. The molecule has 1 aliphatic carbocycles. The fraction of sp³-hybridized carbons (Fsp3) is 0.615. The second-order valence-corrected chi connectivity index (χ2v) is 5.44. The molecule has 1 N–H and O–H groups in total. The van der Waals surface area contributed by atoms with Gasteiger partial charge in [-0.2, -0.15) is 5.10 Å². The van der Waals surface area contributed by atoms with Crippen LogP contribution < -0.4 is 0 Å². The third-order valence-electron chi connectivity index (χ3n) is 4.44. The Kier molecular flexibility index (Phi) is 2.80. The third-order valence-corrected chi connectivity index (χ3v) is 4.44. The number of rotatable bonds is 2. The van der Waals surface area contributed by atoms with Gasteiger partial charge in [-0.05, 0) is 30.7 Å². The summed E-state index contributed by atoms with van der Waals surface area (Å²) in [5, 5.41) is 13.4. The lowest BCUT2D eigenvalue weighted by atomic mass is 9.94. The van der Waals surface area contributed by atoms with Crippen molar-refractivity contribution in [3.8, 4) is 0 Å². The summed E-state index contributed by atoms with van der Waals surface area (Å²) in [6.07, 6.45) is 4.58. The molecule has 1 aromatic rings. The summed E-state index contributed by atoms with van der Waals surface area (Å²) >= 11 is 0. The third kappa shape index (κ3) is 1.82. The summed E-state index contributed by atoms with van der Waals surface area (Å²) in [7, 11) is 1.69. The molecule has 0 aromatic carbocycles. The van der Waals surface area contributed by atoms with Gasteiger partial charge in [0.1, 0.15) is 11.7 Å². The zero-order valence-corrected chi connectivity index (χ0v) is 10.8. The topological polar surface area (TPSA) is 75.4 Å². The fourth-order valence-corrected chi connectivity index (χ4v) is 3.56. The minimum Gasteiger partial charge on any atom is -0.480 e. The van der Waals surface area contributed by atoms with E-state index >= 15 is 0 Å². The van der Waals surface area contributed by atoms with Crippen molar-refractivity contribution >= 4 is 11.9 Å². The van der Waals surface area contributed by atoms with Crippen LogP contribution in [0.4, 0.5) is 0 Å². The van der Waals surface area contributed by atoms with Gasteiger partial charge in [0.2, 0.25) is 0 Å². The molecule has 102 valence electrons. The maximum Gasteiger partial charge on any atom is 0.326 e. The average molecular weight is 263 g/mol. The number of likely N-dealkylation sites (tertiary alicyclic amines) is 1. The lowest BCUT2D eigenvalue weighted by molar-refractivity contribution is -0.142. The Balaban J connectivity index is 1.90. The van der Waals surface area contributed by atoms with Gasteiger partial charge in [-0.15, -0.1) is 0 Å². The number of carboxylic acid groups (broad SMARTS) is 1. The van der Waals surface area contributed by atoms with Gasteiger partial charge in [-0.3, -0.25) is 9.48 Å². The highest BCUT2D eigenvalue weighted by Gasteiger charge is 2.49. The van der Waals surface area contributed by atoms with E-state index in [1.807, 2.05) is 0 Å². The Hall–Kier alpha value is -1.85. The number of nitrogens with zero attached hydrogens (tertiary/aromatic N) is 3.